The lowest BCUT2D eigenvalue weighted by Gasteiger charge is -2.09. The van der Waals surface area contributed by atoms with Crippen LogP contribution in [0, 0.1) is 0 Å². The van der Waals surface area contributed by atoms with Crippen molar-refractivity contribution in [1.82, 2.24) is 4.98 Å². The predicted molar refractivity (Wildman–Crippen MR) is 64.0 cm³/mol. The van der Waals surface area contributed by atoms with Crippen molar-refractivity contribution in [2.24, 2.45) is 0 Å². The third kappa shape index (κ3) is 2.62. The molecule has 0 saturated carbocycles. The maximum atomic E-state index is 9.26. The van der Waals surface area contributed by atoms with Crippen molar-refractivity contribution in [3.63, 3.8) is 0 Å². The number of ether oxygens (including phenoxy) is 1. The summed E-state index contributed by atoms with van der Waals surface area (Å²) in [5, 5.41) is 10.3. The van der Waals surface area contributed by atoms with Gasteiger partial charge in [0, 0.05) is 11.6 Å². The van der Waals surface area contributed by atoms with Gasteiger partial charge in [0.1, 0.15) is 18.5 Å². The van der Waals surface area contributed by atoms with Crippen molar-refractivity contribution in [2.75, 3.05) is 12.5 Å². The minimum Gasteiger partial charge on any atom is -0.491 e. The van der Waals surface area contributed by atoms with E-state index in [1.807, 2.05) is 30.3 Å². The van der Waals surface area contributed by atoms with E-state index in [4.69, 9.17) is 16.3 Å². The number of alkyl halides is 1. The molecule has 1 heterocycles. The molecular formula is C12H12ClNO2. The van der Waals surface area contributed by atoms with Gasteiger partial charge >= 0.3 is 0 Å². The lowest BCUT2D eigenvalue weighted by molar-refractivity contribution is 0.125. The van der Waals surface area contributed by atoms with Crippen LogP contribution in [0.3, 0.4) is 0 Å². The zero-order valence-electron chi connectivity index (χ0n) is 8.64. The number of hydrogen-bond donors (Lipinski definition) is 1. The number of nitrogens with zero attached hydrogens (tertiary/aromatic N) is 1. The second kappa shape index (κ2) is 5.14. The van der Waals surface area contributed by atoms with E-state index in [9.17, 15) is 5.11 Å². The number of hydrogen-bond acceptors (Lipinski definition) is 3. The molecule has 2 rings (SSSR count). The largest absolute Gasteiger partial charge is 0.491 e. The van der Waals surface area contributed by atoms with Gasteiger partial charge in [-0.15, -0.1) is 11.6 Å². The first-order valence-corrected chi connectivity index (χ1v) is 5.54. The highest BCUT2D eigenvalue weighted by atomic mass is 35.5. The lowest BCUT2D eigenvalue weighted by atomic mass is 10.2. The summed E-state index contributed by atoms with van der Waals surface area (Å²) in [5.41, 5.74) is 0.924. The Morgan fingerprint density at radius 3 is 3.06 bits per heavy atom. The molecule has 0 saturated heterocycles. The average molecular weight is 238 g/mol. The Kier molecular flexibility index (Phi) is 3.59. The molecule has 16 heavy (non-hydrogen) atoms. The Balaban J connectivity index is 2.13. The van der Waals surface area contributed by atoms with E-state index in [0.717, 1.165) is 10.9 Å². The van der Waals surface area contributed by atoms with Crippen LogP contribution in [0.25, 0.3) is 10.9 Å². The van der Waals surface area contributed by atoms with Gasteiger partial charge < -0.3 is 9.84 Å². The van der Waals surface area contributed by atoms with Crippen LogP contribution in [-0.2, 0) is 0 Å². The SMILES string of the molecule is OC(CCl)COc1ccc2ncccc2c1. The van der Waals surface area contributed by atoms with Crippen molar-refractivity contribution in [1.29, 1.82) is 0 Å². The summed E-state index contributed by atoms with van der Waals surface area (Å²) < 4.78 is 5.40. The van der Waals surface area contributed by atoms with E-state index >= 15 is 0 Å². The first-order valence-electron chi connectivity index (χ1n) is 5.01. The monoisotopic (exact) mass is 237 g/mol. The van der Waals surface area contributed by atoms with Crippen LogP contribution in [-0.4, -0.2) is 28.7 Å². The molecule has 1 aromatic heterocycles. The van der Waals surface area contributed by atoms with Crippen LogP contribution in [0.1, 0.15) is 0 Å². The third-order valence-corrected chi connectivity index (χ3v) is 2.55. The summed E-state index contributed by atoms with van der Waals surface area (Å²) >= 11 is 5.47. The van der Waals surface area contributed by atoms with Crippen LogP contribution in [0.2, 0.25) is 0 Å². The molecule has 1 aromatic carbocycles. The van der Waals surface area contributed by atoms with Crippen molar-refractivity contribution in [3.8, 4) is 5.75 Å². The fraction of sp³-hybridized carbons (Fsp3) is 0.250. The molecule has 0 aliphatic heterocycles. The second-order valence-corrected chi connectivity index (χ2v) is 3.79. The highest BCUT2D eigenvalue weighted by Gasteiger charge is 2.03. The van der Waals surface area contributed by atoms with E-state index in [0.29, 0.717) is 5.75 Å². The topological polar surface area (TPSA) is 42.4 Å². The van der Waals surface area contributed by atoms with E-state index in [1.54, 1.807) is 6.20 Å². The van der Waals surface area contributed by atoms with Crippen molar-refractivity contribution >= 4 is 22.5 Å². The van der Waals surface area contributed by atoms with Gasteiger partial charge in [0.25, 0.3) is 0 Å². The summed E-state index contributed by atoms with van der Waals surface area (Å²) in [5.74, 6) is 0.888. The maximum Gasteiger partial charge on any atom is 0.120 e. The van der Waals surface area contributed by atoms with Crippen molar-refractivity contribution < 1.29 is 9.84 Å². The zero-order valence-corrected chi connectivity index (χ0v) is 9.39. The van der Waals surface area contributed by atoms with Crippen molar-refractivity contribution in [2.45, 2.75) is 6.10 Å². The van der Waals surface area contributed by atoms with Gasteiger partial charge in [-0.1, -0.05) is 6.07 Å². The molecule has 84 valence electrons. The molecule has 0 aliphatic rings. The van der Waals surface area contributed by atoms with E-state index in [1.165, 1.54) is 0 Å². The molecule has 0 spiro atoms. The van der Waals surface area contributed by atoms with Crippen LogP contribution >= 0.6 is 11.6 Å². The maximum absolute atomic E-state index is 9.26. The number of aliphatic hydroxyl groups excluding tert-OH is 1. The standard InChI is InChI=1S/C12H12ClNO2/c13-7-10(15)8-16-11-3-4-12-9(6-11)2-1-5-14-12/h1-6,10,15H,7-8H2. The Morgan fingerprint density at radius 1 is 1.38 bits per heavy atom. The predicted octanol–water partition coefficient (Wildman–Crippen LogP) is 2.21. The Morgan fingerprint density at radius 2 is 2.25 bits per heavy atom. The molecule has 1 N–H and O–H groups in total. The molecule has 1 atom stereocenters. The fourth-order valence-electron chi connectivity index (χ4n) is 1.38. The lowest BCUT2D eigenvalue weighted by Crippen LogP contribution is -2.18. The van der Waals surface area contributed by atoms with Gasteiger partial charge in [-0.3, -0.25) is 4.98 Å². The number of aromatic nitrogens is 1. The number of rotatable bonds is 4. The highest BCUT2D eigenvalue weighted by molar-refractivity contribution is 6.18. The van der Waals surface area contributed by atoms with Gasteiger partial charge in [0.2, 0.25) is 0 Å². The summed E-state index contributed by atoms with van der Waals surface area (Å²) in [4.78, 5) is 4.21. The van der Waals surface area contributed by atoms with Gasteiger partial charge in [0.05, 0.1) is 11.4 Å². The second-order valence-electron chi connectivity index (χ2n) is 3.48. The first-order chi connectivity index (χ1) is 7.79. The molecule has 0 bridgehead atoms. The molecule has 1 unspecified atom stereocenters. The molecule has 0 fully saturated rings. The fourth-order valence-corrected chi connectivity index (χ4v) is 1.47. The summed E-state index contributed by atoms with van der Waals surface area (Å²) in [7, 11) is 0. The third-order valence-electron chi connectivity index (χ3n) is 2.19. The van der Waals surface area contributed by atoms with Crippen LogP contribution in [0.15, 0.2) is 36.5 Å². The number of aliphatic hydroxyl groups is 1. The summed E-state index contributed by atoms with van der Waals surface area (Å²) in [6.45, 7) is 0.204. The number of benzene rings is 1. The first kappa shape index (κ1) is 11.2. The average Bonchev–Trinajstić information content (AvgIpc) is 2.35. The molecule has 3 nitrogen and oxygen atoms in total. The molecule has 4 heteroatoms. The van der Waals surface area contributed by atoms with Crippen LogP contribution in [0.5, 0.6) is 5.75 Å². The van der Waals surface area contributed by atoms with E-state index in [2.05, 4.69) is 4.98 Å². The summed E-state index contributed by atoms with van der Waals surface area (Å²) in [6.07, 6.45) is 1.12. The number of fused-ring (bicyclic) bond motifs is 1. The van der Waals surface area contributed by atoms with Crippen LogP contribution in [0.4, 0.5) is 0 Å². The van der Waals surface area contributed by atoms with Gasteiger partial charge in [-0.2, -0.15) is 0 Å². The normalized spacial score (nSPS) is 12.6. The quantitative estimate of drug-likeness (QED) is 0.830. The van der Waals surface area contributed by atoms with Gasteiger partial charge in [-0.25, -0.2) is 0 Å². The van der Waals surface area contributed by atoms with Gasteiger partial charge in [0.15, 0.2) is 0 Å². The Labute approximate surface area is 98.6 Å². The molecule has 0 aliphatic carbocycles. The Bertz CT molecular complexity index is 475. The smallest absolute Gasteiger partial charge is 0.120 e. The number of pyridine rings is 1. The molecular weight excluding hydrogens is 226 g/mol. The molecule has 2 aromatic rings. The van der Waals surface area contributed by atoms with E-state index < -0.39 is 6.10 Å². The van der Waals surface area contributed by atoms with Gasteiger partial charge in [-0.05, 0) is 24.3 Å². The molecule has 0 amide bonds. The minimum atomic E-state index is -0.633. The van der Waals surface area contributed by atoms with E-state index in [-0.39, 0.29) is 12.5 Å². The zero-order chi connectivity index (χ0) is 11.4. The minimum absolute atomic E-state index is 0.176. The van der Waals surface area contributed by atoms with Crippen LogP contribution < -0.4 is 4.74 Å². The van der Waals surface area contributed by atoms with Crippen molar-refractivity contribution in [3.05, 3.63) is 36.5 Å². The molecule has 0 radical (unpaired) electrons. The highest BCUT2D eigenvalue weighted by Crippen LogP contribution is 2.18. The number of halogens is 1. The Hall–Kier alpha value is -1.32. The summed E-state index contributed by atoms with van der Waals surface area (Å²) in [6, 6.07) is 9.45.